The van der Waals surface area contributed by atoms with Gasteiger partial charge < -0.3 is 10.6 Å². The number of aromatic nitrogens is 3. The normalized spacial score (nSPS) is 17.9. The van der Waals surface area contributed by atoms with Gasteiger partial charge in [0.15, 0.2) is 0 Å². The van der Waals surface area contributed by atoms with Crippen molar-refractivity contribution in [3.05, 3.63) is 36.0 Å². The molecule has 1 fully saturated rings. The van der Waals surface area contributed by atoms with Crippen LogP contribution in [-0.4, -0.2) is 38.4 Å². The zero-order valence-electron chi connectivity index (χ0n) is 14.2. The van der Waals surface area contributed by atoms with E-state index in [0.717, 1.165) is 42.6 Å². The Morgan fingerprint density at radius 2 is 2.08 bits per heavy atom. The molecule has 0 aliphatic carbocycles. The van der Waals surface area contributed by atoms with Gasteiger partial charge in [0.25, 0.3) is 0 Å². The topological polar surface area (TPSA) is 77.0 Å². The first-order chi connectivity index (χ1) is 11.7. The number of likely N-dealkylation sites (tertiary alicyclic amines) is 1. The van der Waals surface area contributed by atoms with Crippen LogP contribution in [0.5, 0.6) is 0 Å². The van der Waals surface area contributed by atoms with Crippen molar-refractivity contribution in [1.29, 1.82) is 0 Å². The van der Waals surface area contributed by atoms with E-state index in [-0.39, 0.29) is 12.5 Å². The van der Waals surface area contributed by atoms with Gasteiger partial charge in [-0.15, -0.1) is 5.10 Å². The third-order valence-corrected chi connectivity index (χ3v) is 4.74. The standard InChI is InChI=1S/C18H25N5O/c1-2-16-5-3-4-10-23(16)18(24)13-22-12-17(20-21-22)15-8-6-14(11-19)7-9-15/h6-9,12,16H,2-5,10-11,13,19H2,1H3. The zero-order valence-corrected chi connectivity index (χ0v) is 14.2. The Morgan fingerprint density at radius 1 is 1.29 bits per heavy atom. The lowest BCUT2D eigenvalue weighted by Gasteiger charge is -2.35. The van der Waals surface area contributed by atoms with Crippen LogP contribution >= 0.6 is 0 Å². The average Bonchev–Trinajstić information content (AvgIpc) is 3.10. The highest BCUT2D eigenvalue weighted by atomic mass is 16.2. The van der Waals surface area contributed by atoms with Gasteiger partial charge in [-0.05, 0) is 31.2 Å². The van der Waals surface area contributed by atoms with E-state index >= 15 is 0 Å². The number of amides is 1. The summed E-state index contributed by atoms with van der Waals surface area (Å²) >= 11 is 0. The quantitative estimate of drug-likeness (QED) is 0.913. The van der Waals surface area contributed by atoms with Gasteiger partial charge in [0.2, 0.25) is 5.91 Å². The zero-order chi connectivity index (χ0) is 16.9. The minimum absolute atomic E-state index is 0.136. The Hall–Kier alpha value is -2.21. The van der Waals surface area contributed by atoms with E-state index in [0.29, 0.717) is 12.6 Å². The Bertz CT molecular complexity index is 679. The van der Waals surface area contributed by atoms with Crippen LogP contribution in [0.25, 0.3) is 11.3 Å². The molecule has 0 radical (unpaired) electrons. The van der Waals surface area contributed by atoms with Crippen LogP contribution in [-0.2, 0) is 17.9 Å². The summed E-state index contributed by atoms with van der Waals surface area (Å²) in [6, 6.07) is 8.31. The minimum Gasteiger partial charge on any atom is -0.338 e. The van der Waals surface area contributed by atoms with Crippen molar-refractivity contribution in [2.24, 2.45) is 5.73 Å². The van der Waals surface area contributed by atoms with Crippen molar-refractivity contribution in [1.82, 2.24) is 19.9 Å². The SMILES string of the molecule is CCC1CCCCN1C(=O)Cn1cc(-c2ccc(CN)cc2)nn1. The van der Waals surface area contributed by atoms with E-state index in [1.807, 2.05) is 35.4 Å². The Balaban J connectivity index is 1.67. The van der Waals surface area contributed by atoms with Crippen molar-refractivity contribution >= 4 is 5.91 Å². The first-order valence-electron chi connectivity index (χ1n) is 8.70. The molecule has 0 spiro atoms. The number of hydrogen-bond acceptors (Lipinski definition) is 4. The van der Waals surface area contributed by atoms with Crippen LogP contribution in [0, 0.1) is 0 Å². The molecule has 1 aliphatic rings. The largest absolute Gasteiger partial charge is 0.338 e. The van der Waals surface area contributed by atoms with Crippen molar-refractivity contribution in [3.63, 3.8) is 0 Å². The first kappa shape index (κ1) is 16.6. The fourth-order valence-corrected chi connectivity index (χ4v) is 3.30. The molecule has 3 rings (SSSR count). The molecular weight excluding hydrogens is 302 g/mol. The monoisotopic (exact) mass is 327 g/mol. The lowest BCUT2D eigenvalue weighted by atomic mass is 10.00. The summed E-state index contributed by atoms with van der Waals surface area (Å²) < 4.78 is 1.63. The molecule has 2 aromatic rings. The third kappa shape index (κ3) is 3.64. The van der Waals surface area contributed by atoms with Gasteiger partial charge in [0.1, 0.15) is 12.2 Å². The smallest absolute Gasteiger partial charge is 0.244 e. The molecule has 6 heteroatoms. The van der Waals surface area contributed by atoms with Crippen molar-refractivity contribution < 1.29 is 4.79 Å². The van der Waals surface area contributed by atoms with E-state index in [2.05, 4.69) is 17.2 Å². The van der Waals surface area contributed by atoms with Crippen LogP contribution in [0.3, 0.4) is 0 Å². The number of benzene rings is 1. The molecule has 0 saturated carbocycles. The summed E-state index contributed by atoms with van der Waals surface area (Å²) in [7, 11) is 0. The highest BCUT2D eigenvalue weighted by Crippen LogP contribution is 2.20. The van der Waals surface area contributed by atoms with Crippen LogP contribution < -0.4 is 5.73 Å². The van der Waals surface area contributed by atoms with E-state index in [1.54, 1.807) is 4.68 Å². The van der Waals surface area contributed by atoms with Gasteiger partial charge in [-0.2, -0.15) is 0 Å². The molecule has 2 N–H and O–H groups in total. The molecule has 24 heavy (non-hydrogen) atoms. The van der Waals surface area contributed by atoms with Gasteiger partial charge in [-0.1, -0.05) is 36.4 Å². The number of piperidine rings is 1. The summed E-state index contributed by atoms with van der Waals surface area (Å²) in [6.45, 7) is 3.79. The molecule has 1 atom stereocenters. The average molecular weight is 327 g/mol. The second-order valence-corrected chi connectivity index (χ2v) is 6.35. The highest BCUT2D eigenvalue weighted by Gasteiger charge is 2.25. The maximum atomic E-state index is 12.6. The van der Waals surface area contributed by atoms with Crippen LogP contribution in [0.2, 0.25) is 0 Å². The molecule has 1 unspecified atom stereocenters. The number of nitrogens with zero attached hydrogens (tertiary/aromatic N) is 4. The molecule has 1 aromatic carbocycles. The molecule has 0 bridgehead atoms. The van der Waals surface area contributed by atoms with Crippen LogP contribution in [0.1, 0.15) is 38.2 Å². The molecule has 1 aliphatic heterocycles. The van der Waals surface area contributed by atoms with Gasteiger partial charge in [0, 0.05) is 24.7 Å². The van der Waals surface area contributed by atoms with Gasteiger partial charge >= 0.3 is 0 Å². The Kier molecular flexibility index (Phi) is 5.25. The maximum absolute atomic E-state index is 12.6. The van der Waals surface area contributed by atoms with Crippen LogP contribution in [0.4, 0.5) is 0 Å². The van der Waals surface area contributed by atoms with Gasteiger partial charge in [-0.3, -0.25) is 4.79 Å². The maximum Gasteiger partial charge on any atom is 0.244 e. The molecular formula is C18H25N5O. The predicted octanol–water partition coefficient (Wildman–Crippen LogP) is 2.19. The minimum atomic E-state index is 0.136. The summed E-state index contributed by atoms with van der Waals surface area (Å²) in [5, 5.41) is 8.31. The van der Waals surface area contributed by atoms with E-state index in [9.17, 15) is 4.79 Å². The lowest BCUT2D eigenvalue weighted by Crippen LogP contribution is -2.44. The first-order valence-corrected chi connectivity index (χ1v) is 8.70. The second kappa shape index (κ2) is 7.57. The highest BCUT2D eigenvalue weighted by molar-refractivity contribution is 5.76. The van der Waals surface area contributed by atoms with Crippen LogP contribution in [0.15, 0.2) is 30.5 Å². The van der Waals surface area contributed by atoms with E-state index in [1.165, 1.54) is 6.42 Å². The van der Waals surface area contributed by atoms with Gasteiger partial charge in [0.05, 0.1) is 6.20 Å². The second-order valence-electron chi connectivity index (χ2n) is 6.35. The number of carbonyl (C=O) groups is 1. The summed E-state index contributed by atoms with van der Waals surface area (Å²) in [5.41, 5.74) is 8.45. The number of nitrogens with two attached hydrogens (primary N) is 1. The molecule has 1 amide bonds. The molecule has 1 saturated heterocycles. The molecule has 6 nitrogen and oxygen atoms in total. The fraction of sp³-hybridized carbons (Fsp3) is 0.500. The van der Waals surface area contributed by atoms with E-state index < -0.39 is 0 Å². The summed E-state index contributed by atoms with van der Waals surface area (Å²) in [5.74, 6) is 0.136. The fourth-order valence-electron chi connectivity index (χ4n) is 3.30. The predicted molar refractivity (Wildman–Crippen MR) is 93.0 cm³/mol. The van der Waals surface area contributed by atoms with Crippen molar-refractivity contribution in [2.75, 3.05) is 6.54 Å². The van der Waals surface area contributed by atoms with Gasteiger partial charge in [-0.25, -0.2) is 4.68 Å². The molecule has 2 heterocycles. The number of hydrogen-bond donors (Lipinski definition) is 1. The lowest BCUT2D eigenvalue weighted by molar-refractivity contribution is -0.135. The Labute approximate surface area is 142 Å². The molecule has 128 valence electrons. The van der Waals surface area contributed by atoms with E-state index in [4.69, 9.17) is 5.73 Å². The number of carbonyl (C=O) groups excluding carboxylic acids is 1. The Morgan fingerprint density at radius 3 is 2.79 bits per heavy atom. The van der Waals surface area contributed by atoms with Crippen molar-refractivity contribution in [3.8, 4) is 11.3 Å². The third-order valence-electron chi connectivity index (χ3n) is 4.74. The molecule has 1 aromatic heterocycles. The summed E-state index contributed by atoms with van der Waals surface area (Å²) in [4.78, 5) is 14.6. The summed E-state index contributed by atoms with van der Waals surface area (Å²) in [6.07, 6.45) is 6.27. The number of rotatable bonds is 5. The van der Waals surface area contributed by atoms with Crippen molar-refractivity contribution in [2.45, 2.75) is 51.7 Å².